The summed E-state index contributed by atoms with van der Waals surface area (Å²) >= 11 is 0. The van der Waals surface area contributed by atoms with E-state index in [1.54, 1.807) is 0 Å². The van der Waals surface area contributed by atoms with Crippen molar-refractivity contribution in [3.05, 3.63) is 30.1 Å². The first kappa shape index (κ1) is 18.9. The number of carbonyl (C=O) groups excluding carboxylic acids is 1. The summed E-state index contributed by atoms with van der Waals surface area (Å²) in [6, 6.07) is 6.01. The van der Waals surface area contributed by atoms with Crippen LogP contribution >= 0.6 is 0 Å². The lowest BCUT2D eigenvalue weighted by atomic mass is 9.87. The molecule has 4 nitrogen and oxygen atoms in total. The van der Waals surface area contributed by atoms with Crippen LogP contribution in [0.2, 0.25) is 0 Å². The van der Waals surface area contributed by atoms with Crippen LogP contribution in [0.15, 0.2) is 24.4 Å². The predicted octanol–water partition coefficient (Wildman–Crippen LogP) is 3.65. The van der Waals surface area contributed by atoms with E-state index in [9.17, 15) is 4.79 Å². The molecular formula is C20H33N3O. The normalized spacial score (nSPS) is 20.3. The van der Waals surface area contributed by atoms with Gasteiger partial charge in [0, 0.05) is 25.7 Å². The molecule has 2 rings (SSSR count). The van der Waals surface area contributed by atoms with Gasteiger partial charge in [-0.2, -0.15) is 0 Å². The second-order valence-electron chi connectivity index (χ2n) is 7.95. The van der Waals surface area contributed by atoms with Crippen LogP contribution in [0, 0.1) is 17.8 Å². The highest BCUT2D eigenvalue weighted by atomic mass is 16.1. The molecule has 0 unspecified atom stereocenters. The number of nitrogens with one attached hydrogen (secondary N) is 1. The zero-order valence-electron chi connectivity index (χ0n) is 15.7. The Kier molecular flexibility index (Phi) is 7.22. The average molecular weight is 332 g/mol. The Labute approximate surface area is 147 Å². The van der Waals surface area contributed by atoms with Gasteiger partial charge in [0.2, 0.25) is 5.91 Å². The number of amides is 1. The van der Waals surface area contributed by atoms with Crippen molar-refractivity contribution in [2.75, 3.05) is 19.6 Å². The largest absolute Gasteiger partial charge is 0.347 e. The number of piperidine rings is 1. The second kappa shape index (κ2) is 9.16. The van der Waals surface area contributed by atoms with E-state index >= 15 is 0 Å². The van der Waals surface area contributed by atoms with E-state index in [2.05, 4.69) is 42.9 Å². The Hall–Kier alpha value is -1.42. The Morgan fingerprint density at radius 3 is 2.71 bits per heavy atom. The summed E-state index contributed by atoms with van der Waals surface area (Å²) in [6.07, 6.45) is 4.75. The molecule has 2 heterocycles. The number of likely N-dealkylation sites (tertiary alicyclic amines) is 1. The monoisotopic (exact) mass is 331 g/mol. The lowest BCUT2D eigenvalue weighted by Gasteiger charge is -2.38. The molecule has 0 saturated carbocycles. The fourth-order valence-electron chi connectivity index (χ4n) is 3.64. The quantitative estimate of drug-likeness (QED) is 0.829. The van der Waals surface area contributed by atoms with Gasteiger partial charge in [0.1, 0.15) is 0 Å². The van der Waals surface area contributed by atoms with Crippen molar-refractivity contribution < 1.29 is 4.79 Å². The first-order valence-corrected chi connectivity index (χ1v) is 9.38. The molecule has 1 aromatic heterocycles. The molecule has 0 aliphatic carbocycles. The van der Waals surface area contributed by atoms with Crippen molar-refractivity contribution >= 4 is 5.91 Å². The van der Waals surface area contributed by atoms with Gasteiger partial charge >= 0.3 is 0 Å². The third-order valence-corrected chi connectivity index (χ3v) is 4.55. The molecule has 0 aromatic carbocycles. The van der Waals surface area contributed by atoms with Gasteiger partial charge in [-0.3, -0.25) is 9.78 Å². The number of hydrogen-bond donors (Lipinski definition) is 1. The summed E-state index contributed by atoms with van der Waals surface area (Å²) in [4.78, 5) is 19.5. The highest BCUT2D eigenvalue weighted by molar-refractivity contribution is 5.76. The van der Waals surface area contributed by atoms with Crippen LogP contribution in [0.4, 0.5) is 0 Å². The van der Waals surface area contributed by atoms with Crippen LogP contribution < -0.4 is 5.32 Å². The molecule has 0 spiro atoms. The lowest BCUT2D eigenvalue weighted by Crippen LogP contribution is -2.44. The Balaban J connectivity index is 2.11. The molecule has 1 amide bonds. The van der Waals surface area contributed by atoms with E-state index in [0.717, 1.165) is 25.2 Å². The Bertz CT molecular complexity index is 501. The number of aromatic nitrogens is 1. The summed E-state index contributed by atoms with van der Waals surface area (Å²) in [5, 5.41) is 3.28. The molecule has 1 N–H and O–H groups in total. The number of rotatable bonds is 7. The van der Waals surface area contributed by atoms with Crippen LogP contribution in [-0.4, -0.2) is 35.4 Å². The molecular weight excluding hydrogens is 298 g/mol. The van der Waals surface area contributed by atoms with Crippen LogP contribution in [0.1, 0.15) is 58.7 Å². The molecule has 0 radical (unpaired) electrons. The predicted molar refractivity (Wildman–Crippen MR) is 98.6 cm³/mol. The van der Waals surface area contributed by atoms with Gasteiger partial charge < -0.3 is 10.2 Å². The SMILES string of the molecule is CC(C)CC(=O)N[C@@H](c1ccccn1)[C@H]1CCCN(CC(C)C)C1. The highest BCUT2D eigenvalue weighted by Gasteiger charge is 2.30. The van der Waals surface area contributed by atoms with Crippen molar-refractivity contribution in [1.29, 1.82) is 0 Å². The summed E-state index contributed by atoms with van der Waals surface area (Å²) < 4.78 is 0. The number of nitrogens with zero attached hydrogens (tertiary/aromatic N) is 2. The zero-order chi connectivity index (χ0) is 17.5. The minimum absolute atomic E-state index is 0.0208. The van der Waals surface area contributed by atoms with Gasteiger partial charge in [-0.1, -0.05) is 33.8 Å². The molecule has 4 heteroatoms. The van der Waals surface area contributed by atoms with Crippen LogP contribution in [-0.2, 0) is 4.79 Å². The van der Waals surface area contributed by atoms with E-state index < -0.39 is 0 Å². The molecule has 134 valence electrons. The molecule has 1 fully saturated rings. The highest BCUT2D eigenvalue weighted by Crippen LogP contribution is 2.29. The van der Waals surface area contributed by atoms with Crippen molar-refractivity contribution in [3.63, 3.8) is 0 Å². The summed E-state index contributed by atoms with van der Waals surface area (Å²) in [6.45, 7) is 12.0. The van der Waals surface area contributed by atoms with E-state index in [1.807, 2.05) is 24.4 Å². The standard InChI is InChI=1S/C20H33N3O/c1-15(2)12-19(24)22-20(18-9-5-6-10-21-18)17-8-7-11-23(14-17)13-16(3)4/h5-6,9-10,15-17,20H,7-8,11-14H2,1-4H3,(H,22,24)/t17-,20+/m0/s1. The fraction of sp³-hybridized carbons (Fsp3) is 0.700. The van der Waals surface area contributed by atoms with E-state index in [-0.39, 0.29) is 11.9 Å². The van der Waals surface area contributed by atoms with E-state index in [0.29, 0.717) is 24.2 Å². The van der Waals surface area contributed by atoms with Crippen molar-refractivity contribution in [1.82, 2.24) is 15.2 Å². The summed E-state index contributed by atoms with van der Waals surface area (Å²) in [5.74, 6) is 1.62. The van der Waals surface area contributed by atoms with Crippen molar-refractivity contribution in [3.8, 4) is 0 Å². The smallest absolute Gasteiger partial charge is 0.220 e. The molecule has 24 heavy (non-hydrogen) atoms. The molecule has 1 aromatic rings. The zero-order valence-corrected chi connectivity index (χ0v) is 15.7. The Morgan fingerprint density at radius 2 is 2.08 bits per heavy atom. The summed E-state index contributed by atoms with van der Waals surface area (Å²) in [5.41, 5.74) is 0.992. The topological polar surface area (TPSA) is 45.2 Å². The first-order chi connectivity index (χ1) is 11.5. The molecule has 1 aliphatic rings. The second-order valence-corrected chi connectivity index (χ2v) is 7.95. The van der Waals surface area contributed by atoms with E-state index in [4.69, 9.17) is 0 Å². The maximum atomic E-state index is 12.4. The lowest BCUT2D eigenvalue weighted by molar-refractivity contribution is -0.123. The maximum absolute atomic E-state index is 12.4. The van der Waals surface area contributed by atoms with Gasteiger partial charge in [0.25, 0.3) is 0 Å². The number of carbonyl (C=O) groups is 1. The van der Waals surface area contributed by atoms with E-state index in [1.165, 1.54) is 13.0 Å². The fourth-order valence-corrected chi connectivity index (χ4v) is 3.64. The van der Waals surface area contributed by atoms with Gasteiger partial charge in [-0.05, 0) is 49.3 Å². The van der Waals surface area contributed by atoms with Gasteiger partial charge in [-0.15, -0.1) is 0 Å². The van der Waals surface area contributed by atoms with Crippen LogP contribution in [0.3, 0.4) is 0 Å². The summed E-state index contributed by atoms with van der Waals surface area (Å²) in [7, 11) is 0. The number of pyridine rings is 1. The minimum Gasteiger partial charge on any atom is -0.347 e. The van der Waals surface area contributed by atoms with Gasteiger partial charge in [-0.25, -0.2) is 0 Å². The van der Waals surface area contributed by atoms with Gasteiger partial charge in [0.15, 0.2) is 0 Å². The minimum atomic E-state index is 0.0208. The molecule has 1 saturated heterocycles. The van der Waals surface area contributed by atoms with Gasteiger partial charge in [0.05, 0.1) is 11.7 Å². The van der Waals surface area contributed by atoms with Crippen LogP contribution in [0.5, 0.6) is 0 Å². The third kappa shape index (κ3) is 5.90. The molecule has 0 bridgehead atoms. The Morgan fingerprint density at radius 1 is 1.29 bits per heavy atom. The van der Waals surface area contributed by atoms with Crippen molar-refractivity contribution in [2.24, 2.45) is 17.8 Å². The first-order valence-electron chi connectivity index (χ1n) is 9.38. The molecule has 1 aliphatic heterocycles. The average Bonchev–Trinajstić information content (AvgIpc) is 2.52. The third-order valence-electron chi connectivity index (χ3n) is 4.55. The van der Waals surface area contributed by atoms with Crippen LogP contribution in [0.25, 0.3) is 0 Å². The van der Waals surface area contributed by atoms with Crippen molar-refractivity contribution in [2.45, 2.75) is 53.0 Å². The maximum Gasteiger partial charge on any atom is 0.220 e. The number of hydrogen-bond acceptors (Lipinski definition) is 3. The molecule has 2 atom stereocenters.